The van der Waals surface area contributed by atoms with Crippen LogP contribution in [0.2, 0.25) is 0 Å². The van der Waals surface area contributed by atoms with Crippen molar-refractivity contribution in [2.75, 3.05) is 13.2 Å². The molecule has 0 spiro atoms. The van der Waals surface area contributed by atoms with Gasteiger partial charge in [0, 0.05) is 18.2 Å². The van der Waals surface area contributed by atoms with Crippen LogP contribution in [-0.4, -0.2) is 19.2 Å². The largest absolute Gasteiger partial charge is 0.372 e. The van der Waals surface area contributed by atoms with E-state index in [1.807, 2.05) is 0 Å². The number of rotatable bonds is 7. The quantitative estimate of drug-likeness (QED) is 0.736. The third-order valence-corrected chi connectivity index (χ3v) is 2.28. The zero-order valence-electron chi connectivity index (χ0n) is 10.5. The van der Waals surface area contributed by atoms with E-state index >= 15 is 0 Å². The highest BCUT2D eigenvalue weighted by Gasteiger charge is 2.01. The maximum absolute atomic E-state index is 13.3. The third kappa shape index (κ3) is 5.61. The van der Waals surface area contributed by atoms with Crippen LogP contribution in [0.3, 0.4) is 0 Å². The van der Waals surface area contributed by atoms with Crippen molar-refractivity contribution in [3.8, 4) is 0 Å². The molecule has 2 nitrogen and oxygen atoms in total. The molecule has 3 heteroatoms. The second kappa shape index (κ2) is 7.20. The van der Waals surface area contributed by atoms with Crippen molar-refractivity contribution in [1.29, 1.82) is 0 Å². The molecule has 0 bridgehead atoms. The van der Waals surface area contributed by atoms with E-state index in [-0.39, 0.29) is 12.4 Å². The van der Waals surface area contributed by atoms with E-state index in [9.17, 15) is 4.39 Å². The summed E-state index contributed by atoms with van der Waals surface area (Å²) in [5.74, 6) is -0.224. The van der Waals surface area contributed by atoms with Crippen LogP contribution < -0.4 is 5.32 Å². The van der Waals surface area contributed by atoms with Gasteiger partial charge in [0.15, 0.2) is 0 Å². The van der Waals surface area contributed by atoms with Crippen molar-refractivity contribution in [1.82, 2.24) is 5.32 Å². The van der Waals surface area contributed by atoms with Crippen molar-refractivity contribution >= 4 is 0 Å². The molecule has 0 aliphatic rings. The van der Waals surface area contributed by atoms with Crippen LogP contribution >= 0.6 is 0 Å². The molecule has 0 aliphatic heterocycles. The summed E-state index contributed by atoms with van der Waals surface area (Å²) >= 11 is 0. The van der Waals surface area contributed by atoms with Crippen LogP contribution in [0.5, 0.6) is 0 Å². The molecule has 0 unspecified atom stereocenters. The molecule has 0 saturated carbocycles. The Balaban J connectivity index is 2.24. The molecular formula is C14H20FNO. The number of ether oxygens (including phenoxy) is 1. The minimum atomic E-state index is -0.224. The predicted octanol–water partition coefficient (Wildman–Crippen LogP) is 2.90. The first-order valence-electron chi connectivity index (χ1n) is 5.80. The van der Waals surface area contributed by atoms with Gasteiger partial charge in [-0.15, -0.1) is 0 Å². The van der Waals surface area contributed by atoms with Gasteiger partial charge in [-0.1, -0.05) is 38.6 Å². The van der Waals surface area contributed by atoms with E-state index in [0.29, 0.717) is 18.2 Å². The molecule has 0 amide bonds. The Kier molecular flexibility index (Phi) is 5.87. The lowest BCUT2D eigenvalue weighted by Gasteiger charge is -2.11. The summed E-state index contributed by atoms with van der Waals surface area (Å²) in [5, 5.41) is 3.25. The van der Waals surface area contributed by atoms with E-state index in [4.69, 9.17) is 4.74 Å². The first kappa shape index (κ1) is 13.9. The summed E-state index contributed by atoms with van der Waals surface area (Å²) < 4.78 is 18.7. The topological polar surface area (TPSA) is 21.3 Å². The Morgan fingerprint density at radius 1 is 1.41 bits per heavy atom. The molecule has 1 aromatic carbocycles. The highest BCUT2D eigenvalue weighted by Crippen LogP contribution is 2.08. The Morgan fingerprint density at radius 2 is 2.12 bits per heavy atom. The normalized spacial score (nSPS) is 10.8. The van der Waals surface area contributed by atoms with Crippen LogP contribution in [0, 0.1) is 5.82 Å². The Labute approximate surface area is 102 Å². The summed E-state index contributed by atoms with van der Waals surface area (Å²) in [5.41, 5.74) is 1.55. The van der Waals surface area contributed by atoms with E-state index in [1.165, 1.54) is 6.07 Å². The average molecular weight is 237 g/mol. The molecule has 0 heterocycles. The molecule has 0 saturated heterocycles. The lowest BCUT2D eigenvalue weighted by Crippen LogP contribution is -2.25. The Hall–Kier alpha value is -1.19. The molecule has 0 radical (unpaired) electrons. The minimum absolute atomic E-state index is 0.224. The number of hydrogen-bond acceptors (Lipinski definition) is 2. The third-order valence-electron chi connectivity index (χ3n) is 2.28. The second-order valence-electron chi connectivity index (χ2n) is 4.37. The highest BCUT2D eigenvalue weighted by atomic mass is 19.1. The number of benzene rings is 1. The molecule has 1 N–H and O–H groups in total. The molecule has 1 rings (SSSR count). The Bertz CT molecular complexity index is 363. The number of halogens is 1. The predicted molar refractivity (Wildman–Crippen MR) is 68.3 cm³/mol. The van der Waals surface area contributed by atoms with E-state index in [0.717, 1.165) is 12.1 Å². The summed E-state index contributed by atoms with van der Waals surface area (Å²) in [7, 11) is 0. The zero-order chi connectivity index (χ0) is 12.7. The molecule has 94 valence electrons. The highest BCUT2D eigenvalue weighted by molar-refractivity contribution is 5.16. The maximum Gasteiger partial charge on any atom is 0.128 e. The fraction of sp³-hybridized carbons (Fsp3) is 0.429. The second-order valence-corrected chi connectivity index (χ2v) is 4.37. The fourth-order valence-corrected chi connectivity index (χ4v) is 1.32. The van der Waals surface area contributed by atoms with Crippen molar-refractivity contribution in [2.45, 2.75) is 26.5 Å². The molecule has 0 aliphatic carbocycles. The van der Waals surface area contributed by atoms with Gasteiger partial charge in [0.1, 0.15) is 5.82 Å². The van der Waals surface area contributed by atoms with Crippen LogP contribution in [0.1, 0.15) is 19.4 Å². The molecule has 1 aromatic rings. The zero-order valence-corrected chi connectivity index (χ0v) is 10.5. The fourth-order valence-electron chi connectivity index (χ4n) is 1.32. The maximum atomic E-state index is 13.3. The smallest absolute Gasteiger partial charge is 0.128 e. The van der Waals surface area contributed by atoms with E-state index in [2.05, 4.69) is 25.7 Å². The first-order chi connectivity index (χ1) is 8.09. The van der Waals surface area contributed by atoms with Gasteiger partial charge in [-0.05, 0) is 11.6 Å². The molecule has 17 heavy (non-hydrogen) atoms. The summed E-state index contributed by atoms with van der Waals surface area (Å²) in [6.07, 6.45) is 0. The van der Waals surface area contributed by atoms with Gasteiger partial charge < -0.3 is 10.1 Å². The van der Waals surface area contributed by atoms with Gasteiger partial charge in [0.05, 0.1) is 13.2 Å². The lowest BCUT2D eigenvalue weighted by molar-refractivity contribution is 0.138. The van der Waals surface area contributed by atoms with E-state index in [1.54, 1.807) is 18.2 Å². The summed E-state index contributed by atoms with van der Waals surface area (Å²) in [4.78, 5) is 0. The molecule has 0 aromatic heterocycles. The standard InChI is InChI=1S/C14H20FNO/c1-11(2)16-8-12(3)9-17-10-13-6-4-5-7-14(13)15/h4-7,11,16H,3,8-10H2,1-2H3. The number of hydrogen-bond donors (Lipinski definition) is 1. The summed E-state index contributed by atoms with van der Waals surface area (Å²) in [6.45, 7) is 9.52. The van der Waals surface area contributed by atoms with Gasteiger partial charge in [-0.3, -0.25) is 0 Å². The van der Waals surface area contributed by atoms with Crippen molar-refractivity contribution in [3.05, 3.63) is 47.8 Å². The molecule has 0 atom stereocenters. The summed E-state index contributed by atoms with van der Waals surface area (Å²) in [6, 6.07) is 7.07. The monoisotopic (exact) mass is 237 g/mol. The van der Waals surface area contributed by atoms with Gasteiger partial charge >= 0.3 is 0 Å². The van der Waals surface area contributed by atoms with Crippen LogP contribution in [0.25, 0.3) is 0 Å². The lowest BCUT2D eigenvalue weighted by atomic mass is 10.2. The SMILES string of the molecule is C=C(CNC(C)C)COCc1ccccc1F. The van der Waals surface area contributed by atoms with Crippen LogP contribution in [-0.2, 0) is 11.3 Å². The van der Waals surface area contributed by atoms with Gasteiger partial charge in [-0.25, -0.2) is 4.39 Å². The molecule has 0 fully saturated rings. The van der Waals surface area contributed by atoms with Crippen LogP contribution in [0.15, 0.2) is 36.4 Å². The van der Waals surface area contributed by atoms with Crippen molar-refractivity contribution in [2.24, 2.45) is 0 Å². The minimum Gasteiger partial charge on any atom is -0.372 e. The van der Waals surface area contributed by atoms with Crippen molar-refractivity contribution in [3.63, 3.8) is 0 Å². The molecular weight excluding hydrogens is 217 g/mol. The van der Waals surface area contributed by atoms with Gasteiger partial charge in [0.2, 0.25) is 0 Å². The van der Waals surface area contributed by atoms with E-state index < -0.39 is 0 Å². The first-order valence-corrected chi connectivity index (χ1v) is 5.80. The van der Waals surface area contributed by atoms with Gasteiger partial charge in [-0.2, -0.15) is 0 Å². The van der Waals surface area contributed by atoms with Gasteiger partial charge in [0.25, 0.3) is 0 Å². The number of nitrogens with one attached hydrogen (secondary N) is 1. The van der Waals surface area contributed by atoms with Crippen molar-refractivity contribution < 1.29 is 9.13 Å². The average Bonchev–Trinajstić information content (AvgIpc) is 2.29. The Morgan fingerprint density at radius 3 is 2.76 bits per heavy atom. The van der Waals surface area contributed by atoms with Crippen LogP contribution in [0.4, 0.5) is 4.39 Å².